The largest absolute Gasteiger partial charge is 0.389 e. The molecule has 1 fully saturated rings. The van der Waals surface area contributed by atoms with Gasteiger partial charge in [-0.25, -0.2) is 0 Å². The average Bonchev–Trinajstić information content (AvgIpc) is 2.59. The Hall–Kier alpha value is -0.120. The Balaban J connectivity index is 2.29. The number of nitrogens with zero attached hydrogens (tertiary/aromatic N) is 2. The molecule has 3 heteroatoms. The fraction of sp³-hybridized carbons (Fsp3) is 1.00. The van der Waals surface area contributed by atoms with E-state index in [1.165, 1.54) is 13.0 Å². The molecule has 3 nitrogen and oxygen atoms in total. The summed E-state index contributed by atoms with van der Waals surface area (Å²) in [7, 11) is 0. The Kier molecular flexibility index (Phi) is 5.22. The van der Waals surface area contributed by atoms with Crippen molar-refractivity contribution in [2.45, 2.75) is 39.7 Å². The summed E-state index contributed by atoms with van der Waals surface area (Å²) in [5.74, 6) is 0.794. The van der Waals surface area contributed by atoms with Gasteiger partial charge in [-0.15, -0.1) is 0 Å². The van der Waals surface area contributed by atoms with E-state index in [2.05, 4.69) is 23.6 Å². The summed E-state index contributed by atoms with van der Waals surface area (Å²) in [5, 5.41) is 9.79. The van der Waals surface area contributed by atoms with Crippen molar-refractivity contribution in [2.75, 3.05) is 39.3 Å². The fourth-order valence-electron chi connectivity index (χ4n) is 2.60. The third kappa shape index (κ3) is 4.81. The highest BCUT2D eigenvalue weighted by Gasteiger charge is 2.27. The van der Waals surface area contributed by atoms with Gasteiger partial charge in [-0.1, -0.05) is 13.8 Å². The number of β-amino-alcohol motifs (C(OH)–C–C–N with tert-alkyl or cyclic N) is 1. The Labute approximate surface area is 100 Å². The second-order valence-corrected chi connectivity index (χ2v) is 5.69. The van der Waals surface area contributed by atoms with Crippen LogP contribution in [0.25, 0.3) is 0 Å². The van der Waals surface area contributed by atoms with E-state index in [9.17, 15) is 5.11 Å². The first-order valence-electron chi connectivity index (χ1n) is 6.61. The standard InChI is InChI=1S/C13H28N2O/c1-5-14(6-2)9-12-7-8-15(10-12)11-13(3,4)16/h12,16H,5-11H2,1-4H3. The lowest BCUT2D eigenvalue weighted by molar-refractivity contribution is 0.0423. The molecule has 1 aliphatic rings. The lowest BCUT2D eigenvalue weighted by Crippen LogP contribution is -2.38. The quantitative estimate of drug-likeness (QED) is 0.745. The molecule has 16 heavy (non-hydrogen) atoms. The summed E-state index contributed by atoms with van der Waals surface area (Å²) in [5.41, 5.74) is -0.551. The van der Waals surface area contributed by atoms with Gasteiger partial charge in [0.05, 0.1) is 5.60 Å². The minimum absolute atomic E-state index is 0.551. The summed E-state index contributed by atoms with van der Waals surface area (Å²) >= 11 is 0. The predicted octanol–water partition coefficient (Wildman–Crippen LogP) is 1.42. The van der Waals surface area contributed by atoms with E-state index in [0.717, 1.165) is 38.6 Å². The van der Waals surface area contributed by atoms with Crippen molar-refractivity contribution in [3.63, 3.8) is 0 Å². The molecule has 1 saturated heterocycles. The topological polar surface area (TPSA) is 26.7 Å². The minimum atomic E-state index is -0.551. The predicted molar refractivity (Wildman–Crippen MR) is 68.6 cm³/mol. The van der Waals surface area contributed by atoms with Crippen molar-refractivity contribution in [1.82, 2.24) is 9.80 Å². The summed E-state index contributed by atoms with van der Waals surface area (Å²) < 4.78 is 0. The van der Waals surface area contributed by atoms with E-state index >= 15 is 0 Å². The van der Waals surface area contributed by atoms with Crippen LogP contribution in [-0.2, 0) is 0 Å². The first-order chi connectivity index (χ1) is 7.44. The Morgan fingerprint density at radius 1 is 1.31 bits per heavy atom. The van der Waals surface area contributed by atoms with Gasteiger partial charge in [-0.2, -0.15) is 0 Å². The molecule has 0 aromatic rings. The average molecular weight is 228 g/mol. The van der Waals surface area contributed by atoms with Crippen LogP contribution >= 0.6 is 0 Å². The maximum atomic E-state index is 9.79. The summed E-state index contributed by atoms with van der Waals surface area (Å²) in [6, 6.07) is 0. The maximum Gasteiger partial charge on any atom is 0.0718 e. The molecule has 1 unspecified atom stereocenters. The SMILES string of the molecule is CCN(CC)CC1CCN(CC(C)(C)O)C1. The van der Waals surface area contributed by atoms with Crippen LogP contribution in [0.2, 0.25) is 0 Å². The molecule has 1 heterocycles. The van der Waals surface area contributed by atoms with Crippen LogP contribution in [0, 0.1) is 5.92 Å². The van der Waals surface area contributed by atoms with E-state index < -0.39 is 5.60 Å². The second kappa shape index (κ2) is 5.99. The third-order valence-corrected chi connectivity index (χ3v) is 3.39. The van der Waals surface area contributed by atoms with Crippen molar-refractivity contribution >= 4 is 0 Å². The zero-order valence-corrected chi connectivity index (χ0v) is 11.4. The molecule has 0 amide bonds. The molecule has 0 saturated carbocycles. The van der Waals surface area contributed by atoms with E-state index in [1.807, 2.05) is 13.8 Å². The third-order valence-electron chi connectivity index (χ3n) is 3.39. The van der Waals surface area contributed by atoms with Gasteiger partial charge in [-0.3, -0.25) is 0 Å². The molecule has 0 spiro atoms. The molecule has 0 bridgehead atoms. The van der Waals surface area contributed by atoms with Crippen molar-refractivity contribution in [3.8, 4) is 0 Å². The number of likely N-dealkylation sites (tertiary alicyclic amines) is 1. The highest BCUT2D eigenvalue weighted by Crippen LogP contribution is 2.19. The molecular formula is C13H28N2O. The van der Waals surface area contributed by atoms with E-state index in [0.29, 0.717) is 0 Å². The lowest BCUT2D eigenvalue weighted by Gasteiger charge is -2.26. The van der Waals surface area contributed by atoms with Gasteiger partial charge in [0, 0.05) is 19.6 Å². The van der Waals surface area contributed by atoms with Crippen LogP contribution in [-0.4, -0.2) is 59.8 Å². The van der Waals surface area contributed by atoms with Gasteiger partial charge in [0.25, 0.3) is 0 Å². The number of rotatable bonds is 6. The zero-order chi connectivity index (χ0) is 12.2. The zero-order valence-electron chi connectivity index (χ0n) is 11.4. The van der Waals surface area contributed by atoms with Crippen LogP contribution < -0.4 is 0 Å². The van der Waals surface area contributed by atoms with Crippen molar-refractivity contribution in [1.29, 1.82) is 0 Å². The highest BCUT2D eigenvalue weighted by molar-refractivity contribution is 4.81. The van der Waals surface area contributed by atoms with Gasteiger partial charge >= 0.3 is 0 Å². The van der Waals surface area contributed by atoms with Crippen LogP contribution in [0.4, 0.5) is 0 Å². The summed E-state index contributed by atoms with van der Waals surface area (Å²) in [6.07, 6.45) is 1.28. The number of aliphatic hydroxyl groups is 1. The molecule has 0 radical (unpaired) electrons. The summed E-state index contributed by atoms with van der Waals surface area (Å²) in [4.78, 5) is 4.90. The van der Waals surface area contributed by atoms with Crippen molar-refractivity contribution in [2.24, 2.45) is 5.92 Å². The van der Waals surface area contributed by atoms with E-state index in [-0.39, 0.29) is 0 Å². The Morgan fingerprint density at radius 2 is 1.94 bits per heavy atom. The van der Waals surface area contributed by atoms with E-state index in [4.69, 9.17) is 0 Å². The van der Waals surface area contributed by atoms with Crippen LogP contribution in [0.5, 0.6) is 0 Å². The molecule has 0 aliphatic carbocycles. The Bertz CT molecular complexity index is 197. The number of hydrogen-bond acceptors (Lipinski definition) is 3. The molecule has 1 N–H and O–H groups in total. The van der Waals surface area contributed by atoms with Gasteiger partial charge < -0.3 is 14.9 Å². The molecule has 1 aliphatic heterocycles. The first kappa shape index (κ1) is 13.9. The second-order valence-electron chi connectivity index (χ2n) is 5.69. The van der Waals surface area contributed by atoms with Gasteiger partial charge in [-0.05, 0) is 45.8 Å². The van der Waals surface area contributed by atoms with Gasteiger partial charge in [0.15, 0.2) is 0 Å². The molecular weight excluding hydrogens is 200 g/mol. The first-order valence-corrected chi connectivity index (χ1v) is 6.61. The summed E-state index contributed by atoms with van der Waals surface area (Å²) in [6.45, 7) is 14.9. The van der Waals surface area contributed by atoms with Gasteiger partial charge in [0.2, 0.25) is 0 Å². The smallest absolute Gasteiger partial charge is 0.0718 e. The number of hydrogen-bond donors (Lipinski definition) is 1. The molecule has 0 aromatic carbocycles. The molecule has 1 atom stereocenters. The van der Waals surface area contributed by atoms with Gasteiger partial charge in [0.1, 0.15) is 0 Å². The normalized spacial score (nSPS) is 23.2. The van der Waals surface area contributed by atoms with Crippen LogP contribution in [0.1, 0.15) is 34.1 Å². The Morgan fingerprint density at radius 3 is 2.44 bits per heavy atom. The van der Waals surface area contributed by atoms with E-state index in [1.54, 1.807) is 0 Å². The monoisotopic (exact) mass is 228 g/mol. The lowest BCUT2D eigenvalue weighted by atomic mass is 10.1. The highest BCUT2D eigenvalue weighted by atomic mass is 16.3. The fourth-order valence-corrected chi connectivity index (χ4v) is 2.60. The minimum Gasteiger partial charge on any atom is -0.389 e. The van der Waals surface area contributed by atoms with Crippen LogP contribution in [0.15, 0.2) is 0 Å². The molecule has 1 rings (SSSR count). The molecule has 0 aromatic heterocycles. The van der Waals surface area contributed by atoms with Crippen molar-refractivity contribution in [3.05, 3.63) is 0 Å². The maximum absolute atomic E-state index is 9.79. The van der Waals surface area contributed by atoms with Crippen molar-refractivity contribution < 1.29 is 5.11 Å². The van der Waals surface area contributed by atoms with Crippen LogP contribution in [0.3, 0.4) is 0 Å². The molecule has 96 valence electrons.